The van der Waals surface area contributed by atoms with Crippen LogP contribution in [0.2, 0.25) is 0 Å². The highest BCUT2D eigenvalue weighted by molar-refractivity contribution is 5.92. The number of nitrogens with two attached hydrogens (primary N) is 2. The molecule has 1 unspecified atom stereocenters. The maximum atomic E-state index is 11.3. The van der Waals surface area contributed by atoms with E-state index in [0.717, 1.165) is 28.7 Å². The summed E-state index contributed by atoms with van der Waals surface area (Å²) in [5.74, 6) is 0.359. The lowest BCUT2D eigenvalue weighted by Gasteiger charge is -2.30. The molecule has 7 heteroatoms. The summed E-state index contributed by atoms with van der Waals surface area (Å²) in [5.41, 5.74) is 15.9. The first-order chi connectivity index (χ1) is 15.0. The van der Waals surface area contributed by atoms with Crippen molar-refractivity contribution in [1.29, 1.82) is 0 Å². The molecule has 5 N–H and O–H groups in total. The van der Waals surface area contributed by atoms with Gasteiger partial charge in [0.2, 0.25) is 11.8 Å². The van der Waals surface area contributed by atoms with Crippen LogP contribution in [0.5, 0.6) is 11.6 Å². The molecule has 0 bridgehead atoms. The summed E-state index contributed by atoms with van der Waals surface area (Å²) in [6, 6.07) is 18.8. The van der Waals surface area contributed by atoms with Crippen molar-refractivity contribution in [1.82, 2.24) is 15.2 Å². The maximum Gasteiger partial charge on any atom is 0.248 e. The van der Waals surface area contributed by atoms with E-state index in [1.165, 1.54) is 12.3 Å². The molecule has 0 aliphatic carbocycles. The van der Waals surface area contributed by atoms with Crippen LogP contribution in [0.25, 0.3) is 11.1 Å². The van der Waals surface area contributed by atoms with E-state index >= 15 is 0 Å². The van der Waals surface area contributed by atoms with Gasteiger partial charge in [0.15, 0.2) is 0 Å². The van der Waals surface area contributed by atoms with E-state index in [-0.39, 0.29) is 0 Å². The molecule has 2 aromatic heterocycles. The third-order valence-electron chi connectivity index (χ3n) is 5.40. The van der Waals surface area contributed by atoms with Crippen LogP contribution in [-0.4, -0.2) is 21.1 Å². The van der Waals surface area contributed by atoms with Gasteiger partial charge in [0, 0.05) is 29.6 Å². The van der Waals surface area contributed by atoms with Crippen molar-refractivity contribution in [2.75, 3.05) is 0 Å². The number of benzene rings is 2. The molecule has 2 aromatic carbocycles. The van der Waals surface area contributed by atoms with E-state index in [1.54, 1.807) is 12.3 Å². The first-order valence-electron chi connectivity index (χ1n) is 9.92. The number of aromatic amines is 1. The Morgan fingerprint density at radius 1 is 1.03 bits per heavy atom. The van der Waals surface area contributed by atoms with Crippen LogP contribution in [0.4, 0.5) is 0 Å². The largest absolute Gasteiger partial charge is 0.439 e. The number of rotatable bonds is 7. The monoisotopic (exact) mass is 413 g/mol. The molecule has 0 aliphatic rings. The Morgan fingerprint density at radius 2 is 1.71 bits per heavy atom. The van der Waals surface area contributed by atoms with Crippen LogP contribution in [0.1, 0.15) is 34.8 Å². The molecule has 7 nitrogen and oxygen atoms in total. The van der Waals surface area contributed by atoms with Crippen LogP contribution in [0.3, 0.4) is 0 Å². The highest BCUT2D eigenvalue weighted by Crippen LogP contribution is 2.33. The van der Waals surface area contributed by atoms with E-state index < -0.39 is 11.4 Å². The van der Waals surface area contributed by atoms with Gasteiger partial charge in [-0.3, -0.25) is 9.89 Å². The lowest BCUT2D eigenvalue weighted by atomic mass is 9.81. The minimum atomic E-state index is -0.641. The number of hydrogen-bond acceptors (Lipinski definition) is 5. The molecule has 4 rings (SSSR count). The summed E-state index contributed by atoms with van der Waals surface area (Å²) in [7, 11) is 0. The Balaban J connectivity index is 1.56. The molecule has 31 heavy (non-hydrogen) atoms. The van der Waals surface area contributed by atoms with Crippen LogP contribution in [0.15, 0.2) is 79.3 Å². The lowest BCUT2D eigenvalue weighted by molar-refractivity contribution is 0.1000. The molecule has 0 saturated heterocycles. The third kappa shape index (κ3) is 4.17. The van der Waals surface area contributed by atoms with Crippen molar-refractivity contribution >= 4 is 5.91 Å². The van der Waals surface area contributed by atoms with Gasteiger partial charge in [0.05, 0.1) is 11.7 Å². The molecule has 1 atom stereocenters. The Bertz CT molecular complexity index is 1170. The van der Waals surface area contributed by atoms with Gasteiger partial charge in [-0.1, -0.05) is 43.3 Å². The van der Waals surface area contributed by atoms with Crippen molar-refractivity contribution < 1.29 is 9.53 Å². The molecule has 0 saturated carbocycles. The second kappa shape index (κ2) is 8.41. The fourth-order valence-corrected chi connectivity index (χ4v) is 3.50. The summed E-state index contributed by atoms with van der Waals surface area (Å²) in [6.07, 6.45) is 5.86. The molecule has 0 fully saturated rings. The van der Waals surface area contributed by atoms with Crippen molar-refractivity contribution in [2.45, 2.75) is 18.9 Å². The molecular weight excluding hydrogens is 390 g/mol. The number of amides is 1. The normalized spacial score (nSPS) is 12.8. The molecular formula is C24H23N5O2. The van der Waals surface area contributed by atoms with E-state index in [1.807, 2.05) is 42.6 Å². The van der Waals surface area contributed by atoms with Gasteiger partial charge >= 0.3 is 0 Å². The number of H-pyrrole nitrogens is 1. The number of nitrogens with zero attached hydrogens (tertiary/aromatic N) is 2. The van der Waals surface area contributed by atoms with Crippen molar-refractivity contribution in [3.63, 3.8) is 0 Å². The van der Waals surface area contributed by atoms with Crippen LogP contribution in [0, 0.1) is 0 Å². The number of hydrogen-bond donors (Lipinski definition) is 3. The third-order valence-corrected chi connectivity index (χ3v) is 5.40. The molecule has 0 radical (unpaired) electrons. The van der Waals surface area contributed by atoms with Crippen molar-refractivity contribution in [3.05, 3.63) is 95.9 Å². The number of nitrogens with one attached hydrogen (secondary N) is 1. The molecule has 156 valence electrons. The lowest BCUT2D eigenvalue weighted by Crippen LogP contribution is -2.37. The van der Waals surface area contributed by atoms with E-state index in [9.17, 15) is 4.79 Å². The fourth-order valence-electron chi connectivity index (χ4n) is 3.50. The Hall–Kier alpha value is -3.97. The number of carbonyl (C=O) groups excluding carboxylic acids is 1. The zero-order chi connectivity index (χ0) is 21.8. The number of aromatic nitrogens is 3. The predicted octanol–water partition coefficient (Wildman–Crippen LogP) is 3.98. The SMILES string of the molecule is CCC(N)(c1ccc(Oc2cc(C(N)=O)ccn2)cc1)c1ccc(-c2cn[nH]c2)cc1. The molecule has 4 aromatic rings. The summed E-state index contributed by atoms with van der Waals surface area (Å²) in [4.78, 5) is 15.5. The van der Waals surface area contributed by atoms with Crippen molar-refractivity contribution in [2.24, 2.45) is 11.5 Å². The smallest absolute Gasteiger partial charge is 0.248 e. The van der Waals surface area contributed by atoms with Gasteiger partial charge in [0.1, 0.15) is 5.75 Å². The van der Waals surface area contributed by atoms with Crippen LogP contribution in [-0.2, 0) is 5.54 Å². The minimum Gasteiger partial charge on any atom is -0.439 e. The first kappa shape index (κ1) is 20.3. The molecule has 2 heterocycles. The summed E-state index contributed by atoms with van der Waals surface area (Å²) < 4.78 is 5.76. The Kier molecular flexibility index (Phi) is 5.51. The second-order valence-corrected chi connectivity index (χ2v) is 7.26. The summed E-state index contributed by atoms with van der Waals surface area (Å²) >= 11 is 0. The number of carbonyl (C=O) groups is 1. The van der Waals surface area contributed by atoms with Crippen LogP contribution < -0.4 is 16.2 Å². The van der Waals surface area contributed by atoms with Gasteiger partial charge in [-0.05, 0) is 41.3 Å². The second-order valence-electron chi connectivity index (χ2n) is 7.26. The Morgan fingerprint density at radius 3 is 2.29 bits per heavy atom. The minimum absolute atomic E-state index is 0.299. The maximum absolute atomic E-state index is 11.3. The Labute approximate surface area is 180 Å². The highest BCUT2D eigenvalue weighted by Gasteiger charge is 2.27. The highest BCUT2D eigenvalue weighted by atomic mass is 16.5. The summed E-state index contributed by atoms with van der Waals surface area (Å²) in [5, 5.41) is 6.82. The molecule has 0 aliphatic heterocycles. The number of ether oxygens (including phenoxy) is 1. The quantitative estimate of drug-likeness (QED) is 0.423. The van der Waals surface area contributed by atoms with Gasteiger partial charge < -0.3 is 16.2 Å². The van der Waals surface area contributed by atoms with Crippen LogP contribution >= 0.6 is 0 Å². The van der Waals surface area contributed by atoms with E-state index in [0.29, 0.717) is 17.2 Å². The topological polar surface area (TPSA) is 120 Å². The number of primary amides is 1. The zero-order valence-corrected chi connectivity index (χ0v) is 17.1. The van der Waals surface area contributed by atoms with Crippen molar-refractivity contribution in [3.8, 4) is 22.8 Å². The predicted molar refractivity (Wildman–Crippen MR) is 119 cm³/mol. The van der Waals surface area contributed by atoms with Gasteiger partial charge in [-0.25, -0.2) is 4.98 Å². The van der Waals surface area contributed by atoms with Gasteiger partial charge in [-0.15, -0.1) is 0 Å². The average molecular weight is 413 g/mol. The average Bonchev–Trinajstić information content (AvgIpc) is 3.34. The molecule has 0 spiro atoms. The van der Waals surface area contributed by atoms with Gasteiger partial charge in [-0.2, -0.15) is 5.10 Å². The zero-order valence-electron chi connectivity index (χ0n) is 17.1. The standard InChI is InChI=1S/C24H23N5O2/c1-2-24(26,19-5-3-16(4-6-19)18-14-28-29-15-18)20-7-9-21(10-8-20)31-22-13-17(23(25)30)11-12-27-22/h3-15H,2,26H2,1H3,(H2,25,30)(H,28,29). The summed E-state index contributed by atoms with van der Waals surface area (Å²) in [6.45, 7) is 2.06. The first-order valence-corrected chi connectivity index (χ1v) is 9.92. The number of pyridine rings is 1. The van der Waals surface area contributed by atoms with E-state index in [4.69, 9.17) is 16.2 Å². The molecule has 1 amide bonds. The van der Waals surface area contributed by atoms with E-state index in [2.05, 4.69) is 34.2 Å². The van der Waals surface area contributed by atoms with Gasteiger partial charge in [0.25, 0.3) is 0 Å². The fraction of sp³-hybridized carbons (Fsp3) is 0.125.